The number of hydrogen-bond acceptors (Lipinski definition) is 5. The Morgan fingerprint density at radius 3 is 2.62 bits per heavy atom. The van der Waals surface area contributed by atoms with Gasteiger partial charge in [0.15, 0.2) is 5.13 Å². The summed E-state index contributed by atoms with van der Waals surface area (Å²) in [7, 11) is -4.12. The van der Waals surface area contributed by atoms with Crippen LogP contribution in [-0.2, 0) is 10.0 Å². The molecule has 3 rings (SSSR count). The second kappa shape index (κ2) is 7.61. The van der Waals surface area contributed by atoms with Crippen molar-refractivity contribution in [2.45, 2.75) is 17.9 Å². The molecule has 5 nitrogen and oxygen atoms in total. The maximum Gasteiger partial charge on any atom is 0.266 e. The van der Waals surface area contributed by atoms with Crippen LogP contribution in [0.2, 0.25) is 5.02 Å². The van der Waals surface area contributed by atoms with Gasteiger partial charge in [0, 0.05) is 17.6 Å². The van der Waals surface area contributed by atoms with E-state index in [4.69, 9.17) is 11.6 Å². The summed E-state index contributed by atoms with van der Waals surface area (Å²) < 4.78 is 41.4. The SMILES string of the molecule is C[C@@H](Nc1cc(F)c(S(=O)(=O)Nc2nccs2)cc1Cl)c1ccccc1. The Kier molecular flexibility index (Phi) is 5.45. The van der Waals surface area contributed by atoms with Crippen LogP contribution in [0.3, 0.4) is 0 Å². The Morgan fingerprint density at radius 2 is 1.96 bits per heavy atom. The molecule has 0 unspecified atom stereocenters. The van der Waals surface area contributed by atoms with Crippen molar-refractivity contribution in [2.75, 3.05) is 10.0 Å². The van der Waals surface area contributed by atoms with Gasteiger partial charge < -0.3 is 5.32 Å². The first-order chi connectivity index (χ1) is 12.4. The Hall–Kier alpha value is -2.16. The lowest BCUT2D eigenvalue weighted by Gasteiger charge is -2.18. The van der Waals surface area contributed by atoms with E-state index in [-0.39, 0.29) is 16.2 Å². The number of benzene rings is 2. The zero-order valence-electron chi connectivity index (χ0n) is 13.6. The van der Waals surface area contributed by atoms with Crippen molar-refractivity contribution in [3.8, 4) is 0 Å². The average molecular weight is 412 g/mol. The molecule has 0 aliphatic carbocycles. The number of nitrogens with one attached hydrogen (secondary N) is 2. The number of anilines is 2. The highest BCUT2D eigenvalue weighted by atomic mass is 35.5. The van der Waals surface area contributed by atoms with E-state index in [2.05, 4.69) is 15.0 Å². The number of halogens is 2. The van der Waals surface area contributed by atoms with Gasteiger partial charge in [0.1, 0.15) is 10.7 Å². The van der Waals surface area contributed by atoms with Crippen molar-refractivity contribution < 1.29 is 12.8 Å². The van der Waals surface area contributed by atoms with Crippen molar-refractivity contribution >= 4 is 43.8 Å². The van der Waals surface area contributed by atoms with Crippen molar-refractivity contribution in [1.29, 1.82) is 0 Å². The molecule has 9 heteroatoms. The van der Waals surface area contributed by atoms with Gasteiger partial charge in [-0.1, -0.05) is 41.9 Å². The summed E-state index contributed by atoms with van der Waals surface area (Å²) in [6.07, 6.45) is 1.45. The lowest BCUT2D eigenvalue weighted by molar-refractivity contribution is 0.570. The molecule has 0 fully saturated rings. The fraction of sp³-hybridized carbons (Fsp3) is 0.118. The molecule has 26 heavy (non-hydrogen) atoms. The first-order valence-electron chi connectivity index (χ1n) is 7.59. The molecule has 1 aromatic heterocycles. The molecular formula is C17H15ClFN3O2S2. The largest absolute Gasteiger partial charge is 0.377 e. The Labute approximate surface area is 159 Å². The van der Waals surface area contributed by atoms with E-state index in [1.54, 1.807) is 5.38 Å². The molecule has 0 aliphatic rings. The molecule has 1 atom stereocenters. The van der Waals surface area contributed by atoms with Gasteiger partial charge in [-0.2, -0.15) is 0 Å². The lowest BCUT2D eigenvalue weighted by atomic mass is 10.1. The number of aromatic nitrogens is 1. The molecule has 2 N–H and O–H groups in total. The standard InChI is InChI=1S/C17H15ClFN3O2S2/c1-11(12-5-3-2-4-6-12)21-15-10-14(19)16(9-13(15)18)26(23,24)22-17-20-7-8-25-17/h2-11,21H,1H3,(H,20,22)/t11-/m1/s1. The molecule has 0 spiro atoms. The third kappa shape index (κ3) is 4.14. The van der Waals surface area contributed by atoms with E-state index in [1.807, 2.05) is 37.3 Å². The molecule has 0 bridgehead atoms. The highest BCUT2D eigenvalue weighted by Crippen LogP contribution is 2.31. The van der Waals surface area contributed by atoms with Gasteiger partial charge in [0.25, 0.3) is 10.0 Å². The summed E-state index contributed by atoms with van der Waals surface area (Å²) in [5.41, 5.74) is 1.31. The molecule has 0 radical (unpaired) electrons. The zero-order chi connectivity index (χ0) is 18.7. The van der Waals surface area contributed by atoms with E-state index in [0.29, 0.717) is 5.69 Å². The summed E-state index contributed by atoms with van der Waals surface area (Å²) in [4.78, 5) is 3.30. The van der Waals surface area contributed by atoms with Crippen LogP contribution in [0, 0.1) is 5.82 Å². The maximum atomic E-state index is 14.5. The van der Waals surface area contributed by atoms with Crippen LogP contribution in [0.25, 0.3) is 0 Å². The van der Waals surface area contributed by atoms with Crippen LogP contribution < -0.4 is 10.0 Å². The van der Waals surface area contributed by atoms with Crippen molar-refractivity contribution in [3.05, 3.63) is 70.4 Å². The van der Waals surface area contributed by atoms with E-state index in [9.17, 15) is 12.8 Å². The molecule has 3 aromatic rings. The third-order valence-corrected chi connectivity index (χ3v) is 6.12. The van der Waals surface area contributed by atoms with Crippen molar-refractivity contribution in [2.24, 2.45) is 0 Å². The van der Waals surface area contributed by atoms with E-state index in [0.717, 1.165) is 29.0 Å². The third-order valence-electron chi connectivity index (χ3n) is 3.64. The minimum absolute atomic E-state index is 0.105. The lowest BCUT2D eigenvalue weighted by Crippen LogP contribution is -2.15. The highest BCUT2D eigenvalue weighted by Gasteiger charge is 2.23. The molecule has 0 saturated heterocycles. The van der Waals surface area contributed by atoms with Gasteiger partial charge in [-0.05, 0) is 24.6 Å². The number of hydrogen-bond donors (Lipinski definition) is 2. The summed E-state index contributed by atoms with van der Waals surface area (Å²) in [6, 6.07) is 11.6. The topological polar surface area (TPSA) is 71.1 Å². The van der Waals surface area contributed by atoms with Gasteiger partial charge in [-0.25, -0.2) is 17.8 Å². The van der Waals surface area contributed by atoms with Gasteiger partial charge in [-0.15, -0.1) is 11.3 Å². The normalized spacial score (nSPS) is 12.6. The molecule has 0 saturated carbocycles. The number of rotatable bonds is 6. The molecule has 1 heterocycles. The average Bonchev–Trinajstić information content (AvgIpc) is 3.10. The number of sulfonamides is 1. The van der Waals surface area contributed by atoms with Gasteiger partial charge >= 0.3 is 0 Å². The summed E-state index contributed by atoms with van der Waals surface area (Å²) >= 11 is 7.28. The molecule has 0 amide bonds. The van der Waals surface area contributed by atoms with Crippen LogP contribution in [0.4, 0.5) is 15.2 Å². The van der Waals surface area contributed by atoms with Gasteiger partial charge in [-0.3, -0.25) is 4.72 Å². The van der Waals surface area contributed by atoms with Crippen molar-refractivity contribution in [3.63, 3.8) is 0 Å². The molecule has 2 aromatic carbocycles. The predicted octanol–water partition coefficient (Wildman–Crippen LogP) is 4.91. The predicted molar refractivity (Wildman–Crippen MR) is 103 cm³/mol. The molecule has 136 valence electrons. The van der Waals surface area contributed by atoms with Crippen LogP contribution in [0.5, 0.6) is 0 Å². The fourth-order valence-electron chi connectivity index (χ4n) is 2.35. The van der Waals surface area contributed by atoms with Crippen LogP contribution in [0.15, 0.2) is 58.9 Å². The van der Waals surface area contributed by atoms with Crippen LogP contribution in [0.1, 0.15) is 18.5 Å². The number of nitrogens with zero attached hydrogens (tertiary/aromatic N) is 1. The summed E-state index contributed by atoms with van der Waals surface area (Å²) in [6.45, 7) is 1.90. The van der Waals surface area contributed by atoms with Gasteiger partial charge in [0.2, 0.25) is 0 Å². The van der Waals surface area contributed by atoms with Crippen LogP contribution >= 0.6 is 22.9 Å². The monoisotopic (exact) mass is 411 g/mol. The Bertz CT molecular complexity index is 996. The number of thiazole rings is 1. The highest BCUT2D eigenvalue weighted by molar-refractivity contribution is 7.93. The molecular weight excluding hydrogens is 397 g/mol. The minimum Gasteiger partial charge on any atom is -0.377 e. The molecule has 0 aliphatic heterocycles. The first-order valence-corrected chi connectivity index (χ1v) is 10.3. The Morgan fingerprint density at radius 1 is 1.23 bits per heavy atom. The van der Waals surface area contributed by atoms with E-state index in [1.165, 1.54) is 6.20 Å². The summed E-state index contributed by atoms with van der Waals surface area (Å²) in [5.74, 6) is -0.902. The Balaban J connectivity index is 1.86. The quantitative estimate of drug-likeness (QED) is 0.604. The fourth-order valence-corrected chi connectivity index (χ4v) is 4.51. The minimum atomic E-state index is -4.12. The zero-order valence-corrected chi connectivity index (χ0v) is 16.0. The van der Waals surface area contributed by atoms with Crippen molar-refractivity contribution in [1.82, 2.24) is 4.98 Å². The maximum absolute atomic E-state index is 14.5. The first kappa shape index (κ1) is 18.6. The van der Waals surface area contributed by atoms with E-state index < -0.39 is 20.7 Å². The summed E-state index contributed by atoms with van der Waals surface area (Å²) in [5, 5.41) is 4.96. The van der Waals surface area contributed by atoms with Crippen LogP contribution in [-0.4, -0.2) is 13.4 Å². The van der Waals surface area contributed by atoms with Gasteiger partial charge in [0.05, 0.1) is 10.7 Å². The second-order valence-electron chi connectivity index (χ2n) is 5.48. The second-order valence-corrected chi connectivity index (χ2v) is 8.43. The smallest absolute Gasteiger partial charge is 0.266 e. The van der Waals surface area contributed by atoms with E-state index >= 15 is 0 Å².